The van der Waals surface area contributed by atoms with Gasteiger partial charge in [-0.3, -0.25) is 0 Å². The second-order valence-electron chi connectivity index (χ2n) is 3.46. The highest BCUT2D eigenvalue weighted by Crippen LogP contribution is 2.29. The van der Waals surface area contributed by atoms with Crippen LogP contribution in [-0.2, 0) is 5.75 Å². The zero-order valence-corrected chi connectivity index (χ0v) is 11.5. The molecule has 5 N–H and O–H groups in total. The fraction of sp³-hybridized carbons (Fsp3) is 0.222. The third kappa shape index (κ3) is 3.29. The summed E-state index contributed by atoms with van der Waals surface area (Å²) in [6, 6.07) is 0. The first kappa shape index (κ1) is 13.5. The number of carboxylic acids is 1. The zero-order chi connectivity index (χ0) is 14.0. The monoisotopic (exact) mass is 298 g/mol. The van der Waals surface area contributed by atoms with Crippen LogP contribution in [0, 0.1) is 6.92 Å². The van der Waals surface area contributed by atoms with Gasteiger partial charge in [-0.05, 0) is 6.92 Å². The molecule has 0 fully saturated rings. The molecule has 0 unspecified atom stereocenters. The predicted octanol–water partition coefficient (Wildman–Crippen LogP) is 0.791. The predicted molar refractivity (Wildman–Crippen MR) is 72.0 cm³/mol. The van der Waals surface area contributed by atoms with Crippen LogP contribution in [0.15, 0.2) is 4.34 Å². The van der Waals surface area contributed by atoms with Gasteiger partial charge in [-0.25, -0.2) is 9.78 Å². The summed E-state index contributed by atoms with van der Waals surface area (Å²) in [7, 11) is 0. The van der Waals surface area contributed by atoms with Gasteiger partial charge in [0.05, 0.1) is 11.4 Å². The normalized spacial score (nSPS) is 10.6. The van der Waals surface area contributed by atoms with Gasteiger partial charge in [0.25, 0.3) is 0 Å². The number of nitrogen functional groups attached to an aromatic ring is 2. The number of thiazole rings is 1. The third-order valence-electron chi connectivity index (χ3n) is 2.01. The standard InChI is InChI=1S/C9H10N6O2S2/c1-3-5(6(16)17)19-9(12-3)18-2-4-13-7(10)15-8(11)14-4/h2H2,1H3,(H,16,17)(H4,10,11,13,14,15). The molecule has 0 aliphatic heterocycles. The lowest BCUT2D eigenvalue weighted by Gasteiger charge is -1.99. The Morgan fingerprint density at radius 2 is 1.89 bits per heavy atom. The summed E-state index contributed by atoms with van der Waals surface area (Å²) in [5.41, 5.74) is 11.4. The number of aromatic carboxylic acids is 1. The van der Waals surface area contributed by atoms with E-state index in [2.05, 4.69) is 19.9 Å². The molecule has 0 saturated carbocycles. The minimum atomic E-state index is -0.976. The molecule has 0 radical (unpaired) electrons. The van der Waals surface area contributed by atoms with Gasteiger partial charge < -0.3 is 16.6 Å². The Hall–Kier alpha value is -1.94. The molecule has 19 heavy (non-hydrogen) atoms. The molecule has 2 aromatic rings. The van der Waals surface area contributed by atoms with E-state index in [1.807, 2.05) is 0 Å². The average Bonchev–Trinajstić information content (AvgIpc) is 2.67. The van der Waals surface area contributed by atoms with E-state index in [0.717, 1.165) is 11.3 Å². The number of anilines is 2. The maximum atomic E-state index is 10.9. The lowest BCUT2D eigenvalue weighted by Crippen LogP contribution is -2.05. The van der Waals surface area contributed by atoms with Crippen LogP contribution in [-0.4, -0.2) is 31.0 Å². The molecule has 2 rings (SSSR count). The number of rotatable bonds is 4. The van der Waals surface area contributed by atoms with Gasteiger partial charge in [-0.15, -0.1) is 11.3 Å². The largest absolute Gasteiger partial charge is 0.477 e. The van der Waals surface area contributed by atoms with E-state index < -0.39 is 5.97 Å². The molecule has 0 aromatic carbocycles. The highest BCUT2D eigenvalue weighted by molar-refractivity contribution is 8.00. The molecule has 0 spiro atoms. The van der Waals surface area contributed by atoms with Crippen LogP contribution in [0.2, 0.25) is 0 Å². The summed E-state index contributed by atoms with van der Waals surface area (Å²) in [4.78, 5) is 26.8. The van der Waals surface area contributed by atoms with Crippen LogP contribution in [0.5, 0.6) is 0 Å². The number of nitrogens with two attached hydrogens (primary N) is 2. The Balaban J connectivity index is 2.10. The Bertz CT molecular complexity index is 609. The fourth-order valence-electron chi connectivity index (χ4n) is 1.28. The molecule has 0 saturated heterocycles. The number of hydrogen-bond acceptors (Lipinski definition) is 9. The summed E-state index contributed by atoms with van der Waals surface area (Å²) in [5.74, 6) is -0.0346. The second-order valence-corrected chi connectivity index (χ2v) is 5.68. The van der Waals surface area contributed by atoms with Crippen molar-refractivity contribution in [2.45, 2.75) is 17.0 Å². The molecule has 0 aliphatic rings. The van der Waals surface area contributed by atoms with Gasteiger partial charge in [-0.2, -0.15) is 15.0 Å². The van der Waals surface area contributed by atoms with E-state index in [9.17, 15) is 4.79 Å². The maximum Gasteiger partial charge on any atom is 0.347 e. The Labute approximate surface area is 116 Å². The quantitative estimate of drug-likeness (QED) is 0.698. The molecule has 10 heteroatoms. The number of carboxylic acid groups (broad SMARTS) is 1. The van der Waals surface area contributed by atoms with Crippen molar-refractivity contribution in [1.29, 1.82) is 0 Å². The summed E-state index contributed by atoms with van der Waals surface area (Å²) in [6.07, 6.45) is 0. The fourth-order valence-corrected chi connectivity index (χ4v) is 3.16. The molecular formula is C9H10N6O2S2. The lowest BCUT2D eigenvalue weighted by molar-refractivity contribution is 0.0701. The van der Waals surface area contributed by atoms with Crippen molar-refractivity contribution < 1.29 is 9.90 Å². The molecule has 0 atom stereocenters. The van der Waals surface area contributed by atoms with Gasteiger partial charge in [0.1, 0.15) is 10.7 Å². The number of nitrogens with zero attached hydrogens (tertiary/aromatic N) is 4. The van der Waals surface area contributed by atoms with Crippen LogP contribution < -0.4 is 11.5 Å². The van der Waals surface area contributed by atoms with Gasteiger partial charge in [-0.1, -0.05) is 11.8 Å². The summed E-state index contributed by atoms with van der Waals surface area (Å²) >= 11 is 2.44. The molecule has 0 aliphatic carbocycles. The number of hydrogen-bond donors (Lipinski definition) is 3. The highest BCUT2D eigenvalue weighted by atomic mass is 32.2. The molecule has 2 heterocycles. The van der Waals surface area contributed by atoms with E-state index in [1.165, 1.54) is 11.8 Å². The van der Waals surface area contributed by atoms with Crippen molar-refractivity contribution in [3.8, 4) is 0 Å². The molecular weight excluding hydrogens is 288 g/mol. The van der Waals surface area contributed by atoms with Crippen LogP contribution in [0.25, 0.3) is 0 Å². The summed E-state index contributed by atoms with van der Waals surface area (Å²) in [5, 5.41) is 8.93. The van der Waals surface area contributed by atoms with Crippen molar-refractivity contribution in [1.82, 2.24) is 19.9 Å². The topological polar surface area (TPSA) is 141 Å². The Morgan fingerprint density at radius 1 is 1.26 bits per heavy atom. The van der Waals surface area contributed by atoms with Gasteiger partial charge in [0.2, 0.25) is 11.9 Å². The van der Waals surface area contributed by atoms with Crippen molar-refractivity contribution in [3.63, 3.8) is 0 Å². The molecule has 100 valence electrons. The minimum Gasteiger partial charge on any atom is -0.477 e. The number of aryl methyl sites for hydroxylation is 1. The van der Waals surface area contributed by atoms with E-state index in [4.69, 9.17) is 16.6 Å². The van der Waals surface area contributed by atoms with Crippen molar-refractivity contribution in [3.05, 3.63) is 16.4 Å². The van der Waals surface area contributed by atoms with Gasteiger partial charge >= 0.3 is 5.97 Å². The first-order valence-electron chi connectivity index (χ1n) is 5.05. The SMILES string of the molecule is Cc1nc(SCc2nc(N)nc(N)n2)sc1C(=O)O. The molecule has 8 nitrogen and oxygen atoms in total. The molecule has 2 aromatic heterocycles. The van der Waals surface area contributed by atoms with E-state index in [-0.39, 0.29) is 16.8 Å². The van der Waals surface area contributed by atoms with Gasteiger partial charge in [0, 0.05) is 0 Å². The summed E-state index contributed by atoms with van der Waals surface area (Å²) < 4.78 is 0.632. The first-order chi connectivity index (χ1) is 8.95. The van der Waals surface area contributed by atoms with Crippen molar-refractivity contribution in [2.75, 3.05) is 11.5 Å². The maximum absolute atomic E-state index is 10.9. The Kier molecular flexibility index (Phi) is 3.81. The van der Waals surface area contributed by atoms with E-state index in [0.29, 0.717) is 21.6 Å². The van der Waals surface area contributed by atoms with Crippen molar-refractivity contribution in [2.24, 2.45) is 0 Å². The van der Waals surface area contributed by atoms with Crippen molar-refractivity contribution >= 4 is 41.0 Å². The molecule has 0 amide bonds. The van der Waals surface area contributed by atoms with E-state index in [1.54, 1.807) is 6.92 Å². The van der Waals surface area contributed by atoms with Crippen LogP contribution in [0.1, 0.15) is 21.2 Å². The smallest absolute Gasteiger partial charge is 0.347 e. The second kappa shape index (κ2) is 5.36. The number of carbonyl (C=O) groups is 1. The van der Waals surface area contributed by atoms with E-state index >= 15 is 0 Å². The minimum absolute atomic E-state index is 0.0599. The average molecular weight is 298 g/mol. The number of aromatic nitrogens is 4. The lowest BCUT2D eigenvalue weighted by atomic mass is 10.4. The summed E-state index contributed by atoms with van der Waals surface area (Å²) in [6.45, 7) is 1.66. The Morgan fingerprint density at radius 3 is 2.42 bits per heavy atom. The first-order valence-corrected chi connectivity index (χ1v) is 6.85. The molecule has 0 bridgehead atoms. The number of thioether (sulfide) groups is 1. The van der Waals surface area contributed by atoms with Crippen LogP contribution in [0.4, 0.5) is 11.9 Å². The van der Waals surface area contributed by atoms with Crippen LogP contribution >= 0.6 is 23.1 Å². The zero-order valence-electron chi connectivity index (χ0n) is 9.82. The van der Waals surface area contributed by atoms with Gasteiger partial charge in [0.15, 0.2) is 4.34 Å². The highest BCUT2D eigenvalue weighted by Gasteiger charge is 2.14. The third-order valence-corrected chi connectivity index (χ3v) is 4.30. The van der Waals surface area contributed by atoms with Crippen LogP contribution in [0.3, 0.4) is 0 Å².